The first-order valence-electron chi connectivity index (χ1n) is 6.90. The first kappa shape index (κ1) is 17.0. The lowest BCUT2D eigenvalue weighted by Crippen LogP contribution is -2.49. The monoisotopic (exact) mass is 298 g/mol. The van der Waals surface area contributed by atoms with Crippen LogP contribution in [0.4, 0.5) is 0 Å². The molecule has 0 aliphatic carbocycles. The summed E-state index contributed by atoms with van der Waals surface area (Å²) in [6.45, 7) is 1.80. The molecule has 1 aliphatic heterocycles. The number of piperidine rings is 1. The fourth-order valence-corrected chi connectivity index (χ4v) is 2.49. The van der Waals surface area contributed by atoms with Crippen LogP contribution in [0, 0.1) is 0 Å². The average Bonchev–Trinajstić information content (AvgIpc) is 2.47. The predicted molar refractivity (Wildman–Crippen MR) is 81.5 cm³/mol. The third kappa shape index (κ3) is 5.12. The minimum absolute atomic E-state index is 0. The van der Waals surface area contributed by atoms with Gasteiger partial charge in [-0.15, -0.1) is 12.4 Å². The van der Waals surface area contributed by atoms with Gasteiger partial charge in [0.05, 0.1) is 13.5 Å². The largest absolute Gasteiger partial charge is 0.469 e. The minimum atomic E-state index is -0.126. The Kier molecular flexibility index (Phi) is 7.59. The van der Waals surface area contributed by atoms with Gasteiger partial charge in [-0.3, -0.25) is 10.2 Å². The molecular weight excluding hydrogens is 276 g/mol. The van der Waals surface area contributed by atoms with E-state index in [9.17, 15) is 4.79 Å². The minimum Gasteiger partial charge on any atom is -0.469 e. The predicted octanol–water partition coefficient (Wildman–Crippen LogP) is 2.53. The number of carbonyl (C=O) groups excluding carboxylic acids is 1. The molecule has 0 radical (unpaired) electrons. The van der Waals surface area contributed by atoms with Crippen LogP contribution < -0.4 is 5.43 Å². The SMILES string of the molecule is COC(=O)CC1CCCCN1NCc1ccccc1.Cl. The lowest BCUT2D eigenvalue weighted by atomic mass is 10.0. The van der Waals surface area contributed by atoms with Crippen molar-refractivity contribution in [1.82, 2.24) is 10.4 Å². The molecule has 1 aromatic carbocycles. The molecule has 1 heterocycles. The van der Waals surface area contributed by atoms with Crippen molar-refractivity contribution >= 4 is 18.4 Å². The molecule has 1 aliphatic rings. The highest BCUT2D eigenvalue weighted by atomic mass is 35.5. The molecule has 1 fully saturated rings. The van der Waals surface area contributed by atoms with Crippen LogP contribution in [0.1, 0.15) is 31.2 Å². The van der Waals surface area contributed by atoms with Crippen LogP contribution in [0.2, 0.25) is 0 Å². The smallest absolute Gasteiger partial charge is 0.307 e. The second-order valence-corrected chi connectivity index (χ2v) is 4.94. The van der Waals surface area contributed by atoms with Gasteiger partial charge in [-0.05, 0) is 18.4 Å². The van der Waals surface area contributed by atoms with Gasteiger partial charge in [0.2, 0.25) is 0 Å². The highest BCUT2D eigenvalue weighted by Gasteiger charge is 2.24. The topological polar surface area (TPSA) is 41.6 Å². The normalized spacial score (nSPS) is 19.1. The summed E-state index contributed by atoms with van der Waals surface area (Å²) in [5, 5.41) is 2.20. The first-order valence-corrected chi connectivity index (χ1v) is 6.90. The van der Waals surface area contributed by atoms with Crippen LogP contribution in [0.3, 0.4) is 0 Å². The summed E-state index contributed by atoms with van der Waals surface area (Å²) in [6, 6.07) is 10.6. The number of halogens is 1. The summed E-state index contributed by atoms with van der Waals surface area (Å²) in [5.41, 5.74) is 4.70. The Balaban J connectivity index is 0.00000200. The van der Waals surface area contributed by atoms with Gasteiger partial charge < -0.3 is 4.74 Å². The molecular formula is C15H23ClN2O2. The lowest BCUT2D eigenvalue weighted by Gasteiger charge is -2.35. The zero-order valence-corrected chi connectivity index (χ0v) is 12.7. The van der Waals surface area contributed by atoms with Crippen LogP contribution in [-0.2, 0) is 16.1 Å². The van der Waals surface area contributed by atoms with Gasteiger partial charge >= 0.3 is 5.97 Å². The van der Waals surface area contributed by atoms with E-state index in [0.29, 0.717) is 6.42 Å². The number of ether oxygens (including phenoxy) is 1. The van der Waals surface area contributed by atoms with E-state index in [-0.39, 0.29) is 24.4 Å². The summed E-state index contributed by atoms with van der Waals surface area (Å²) in [5.74, 6) is -0.126. The van der Waals surface area contributed by atoms with Crippen LogP contribution in [0.5, 0.6) is 0 Å². The van der Waals surface area contributed by atoms with Crippen LogP contribution in [0.25, 0.3) is 0 Å². The third-order valence-corrected chi connectivity index (χ3v) is 3.59. The molecule has 1 saturated heterocycles. The standard InChI is InChI=1S/C15H22N2O2.ClH/c1-19-15(18)11-14-9-5-6-10-17(14)16-12-13-7-3-2-4-8-13;/h2-4,7-8,14,16H,5-6,9-12H2,1H3;1H. The average molecular weight is 299 g/mol. The molecule has 0 aromatic heterocycles. The molecule has 112 valence electrons. The van der Waals surface area contributed by atoms with Crippen LogP contribution >= 0.6 is 12.4 Å². The molecule has 0 amide bonds. The molecule has 0 spiro atoms. The van der Waals surface area contributed by atoms with Crippen LogP contribution in [0.15, 0.2) is 30.3 Å². The van der Waals surface area contributed by atoms with Crippen molar-refractivity contribution in [3.05, 3.63) is 35.9 Å². The fraction of sp³-hybridized carbons (Fsp3) is 0.533. The molecule has 1 atom stereocenters. The first-order chi connectivity index (χ1) is 9.29. The van der Waals surface area contributed by atoms with Crippen molar-refractivity contribution < 1.29 is 9.53 Å². The van der Waals surface area contributed by atoms with Gasteiger partial charge in [-0.2, -0.15) is 0 Å². The molecule has 2 rings (SSSR count). The Morgan fingerprint density at radius 3 is 2.80 bits per heavy atom. The van der Waals surface area contributed by atoms with Gasteiger partial charge in [0.25, 0.3) is 0 Å². The van der Waals surface area contributed by atoms with E-state index in [0.717, 1.165) is 19.5 Å². The number of nitrogens with one attached hydrogen (secondary N) is 1. The van der Waals surface area contributed by atoms with E-state index in [4.69, 9.17) is 4.74 Å². The summed E-state index contributed by atoms with van der Waals surface area (Å²) in [4.78, 5) is 11.4. The van der Waals surface area contributed by atoms with E-state index in [1.165, 1.54) is 25.5 Å². The lowest BCUT2D eigenvalue weighted by molar-refractivity contribution is -0.142. The number of carbonyl (C=O) groups is 1. The number of nitrogens with zero attached hydrogens (tertiary/aromatic N) is 1. The van der Waals surface area contributed by atoms with Gasteiger partial charge in [0.1, 0.15) is 0 Å². The van der Waals surface area contributed by atoms with Gasteiger partial charge in [0.15, 0.2) is 0 Å². The van der Waals surface area contributed by atoms with Crippen LogP contribution in [-0.4, -0.2) is 30.7 Å². The molecule has 5 heteroatoms. The maximum Gasteiger partial charge on any atom is 0.307 e. The molecule has 4 nitrogen and oxygen atoms in total. The maximum atomic E-state index is 11.4. The van der Waals surface area contributed by atoms with E-state index in [1.54, 1.807) is 0 Å². The number of hydrazine groups is 1. The molecule has 20 heavy (non-hydrogen) atoms. The van der Waals surface area contributed by atoms with Crippen molar-refractivity contribution in [3.8, 4) is 0 Å². The Hall–Kier alpha value is -1.10. The number of hydrogen-bond donors (Lipinski definition) is 1. The van der Waals surface area contributed by atoms with Crippen molar-refractivity contribution in [2.24, 2.45) is 0 Å². The summed E-state index contributed by atoms with van der Waals surface area (Å²) in [7, 11) is 1.45. The zero-order chi connectivity index (χ0) is 13.5. The number of benzene rings is 1. The van der Waals surface area contributed by atoms with E-state index >= 15 is 0 Å². The Morgan fingerprint density at radius 2 is 2.10 bits per heavy atom. The van der Waals surface area contributed by atoms with Crippen molar-refractivity contribution in [2.45, 2.75) is 38.3 Å². The van der Waals surface area contributed by atoms with Crippen molar-refractivity contribution in [2.75, 3.05) is 13.7 Å². The molecule has 0 bridgehead atoms. The number of rotatable bonds is 5. The third-order valence-electron chi connectivity index (χ3n) is 3.59. The maximum absolute atomic E-state index is 11.4. The van der Waals surface area contributed by atoms with Crippen molar-refractivity contribution in [3.63, 3.8) is 0 Å². The summed E-state index contributed by atoms with van der Waals surface area (Å²) < 4.78 is 4.77. The number of hydrogen-bond acceptors (Lipinski definition) is 4. The van der Waals surface area contributed by atoms with Gasteiger partial charge in [-0.25, -0.2) is 5.01 Å². The Labute approximate surface area is 126 Å². The van der Waals surface area contributed by atoms with E-state index in [2.05, 4.69) is 22.6 Å². The molecule has 1 unspecified atom stereocenters. The second kappa shape index (κ2) is 8.95. The van der Waals surface area contributed by atoms with E-state index in [1.807, 2.05) is 18.2 Å². The van der Waals surface area contributed by atoms with Crippen molar-refractivity contribution in [1.29, 1.82) is 0 Å². The summed E-state index contributed by atoms with van der Waals surface area (Å²) in [6.07, 6.45) is 3.89. The molecule has 0 saturated carbocycles. The number of esters is 1. The molecule has 1 N–H and O–H groups in total. The quantitative estimate of drug-likeness (QED) is 0.848. The second-order valence-electron chi connectivity index (χ2n) is 4.94. The Morgan fingerprint density at radius 1 is 1.35 bits per heavy atom. The van der Waals surface area contributed by atoms with Gasteiger partial charge in [-0.1, -0.05) is 36.8 Å². The zero-order valence-electron chi connectivity index (χ0n) is 11.9. The summed E-state index contributed by atoms with van der Waals surface area (Å²) >= 11 is 0. The van der Waals surface area contributed by atoms with Gasteiger partial charge in [0, 0.05) is 19.1 Å². The highest BCUT2D eigenvalue weighted by Crippen LogP contribution is 2.18. The number of methoxy groups -OCH3 is 1. The van der Waals surface area contributed by atoms with E-state index < -0.39 is 0 Å². The molecule has 1 aromatic rings. The fourth-order valence-electron chi connectivity index (χ4n) is 2.49. The Bertz CT molecular complexity index is 400. The highest BCUT2D eigenvalue weighted by molar-refractivity contribution is 5.85.